The molecular formula is C16H20N4O3S. The summed E-state index contributed by atoms with van der Waals surface area (Å²) in [6.07, 6.45) is 0. The summed E-state index contributed by atoms with van der Waals surface area (Å²) in [5.74, 6) is 2.12. The lowest BCUT2D eigenvalue weighted by Crippen LogP contribution is -2.41. The number of hydrogen-bond donors (Lipinski definition) is 1. The fourth-order valence-corrected chi connectivity index (χ4v) is 3.10. The lowest BCUT2D eigenvalue weighted by atomic mass is 10.1. The molecule has 24 heavy (non-hydrogen) atoms. The number of aromatic nitrogens is 2. The number of hydrogen-bond acceptors (Lipinski definition) is 7. The Morgan fingerprint density at radius 2 is 2.00 bits per heavy atom. The van der Waals surface area contributed by atoms with Crippen LogP contribution < -0.4 is 5.73 Å². The van der Waals surface area contributed by atoms with Crippen molar-refractivity contribution in [1.82, 2.24) is 15.0 Å². The standard InChI is InChI=1S/C16H20N4O3S/c17-9-12-1-3-13(4-2-12)16-18-14(23-19-16)10-24-11-15(21)20-5-7-22-8-6-20/h1-4H,5-11,17H2. The van der Waals surface area contributed by atoms with Gasteiger partial charge in [0.1, 0.15) is 0 Å². The lowest BCUT2D eigenvalue weighted by Gasteiger charge is -2.26. The van der Waals surface area contributed by atoms with Crippen LogP contribution in [0.15, 0.2) is 28.8 Å². The first-order chi connectivity index (χ1) is 11.8. The molecule has 1 saturated heterocycles. The van der Waals surface area contributed by atoms with Crippen molar-refractivity contribution in [3.8, 4) is 11.4 Å². The lowest BCUT2D eigenvalue weighted by molar-refractivity contribution is -0.132. The zero-order valence-electron chi connectivity index (χ0n) is 13.3. The van der Waals surface area contributed by atoms with Crippen LogP contribution in [0, 0.1) is 0 Å². The van der Waals surface area contributed by atoms with E-state index < -0.39 is 0 Å². The van der Waals surface area contributed by atoms with Crippen LogP contribution in [0.4, 0.5) is 0 Å². The van der Waals surface area contributed by atoms with Crippen LogP contribution in [-0.2, 0) is 21.8 Å². The van der Waals surface area contributed by atoms with E-state index in [0.29, 0.717) is 56.1 Å². The molecule has 7 nitrogen and oxygen atoms in total. The summed E-state index contributed by atoms with van der Waals surface area (Å²) in [6, 6.07) is 7.74. The molecule has 3 rings (SSSR count). The summed E-state index contributed by atoms with van der Waals surface area (Å²) >= 11 is 1.48. The van der Waals surface area contributed by atoms with Crippen molar-refractivity contribution in [3.05, 3.63) is 35.7 Å². The van der Waals surface area contributed by atoms with Gasteiger partial charge in [0.2, 0.25) is 17.6 Å². The average molecular weight is 348 g/mol. The van der Waals surface area contributed by atoms with E-state index in [-0.39, 0.29) is 5.91 Å². The number of benzene rings is 1. The van der Waals surface area contributed by atoms with Gasteiger partial charge in [0, 0.05) is 25.2 Å². The summed E-state index contributed by atoms with van der Waals surface area (Å²) in [7, 11) is 0. The molecular weight excluding hydrogens is 328 g/mol. The predicted molar refractivity (Wildman–Crippen MR) is 91.2 cm³/mol. The third-order valence-electron chi connectivity index (χ3n) is 3.73. The largest absolute Gasteiger partial charge is 0.378 e. The van der Waals surface area contributed by atoms with Crippen molar-refractivity contribution in [2.75, 3.05) is 32.1 Å². The minimum Gasteiger partial charge on any atom is -0.378 e. The number of morpholine rings is 1. The molecule has 0 spiro atoms. The highest BCUT2D eigenvalue weighted by Crippen LogP contribution is 2.19. The molecule has 0 aliphatic carbocycles. The van der Waals surface area contributed by atoms with Crippen molar-refractivity contribution < 1.29 is 14.1 Å². The Morgan fingerprint density at radius 1 is 1.25 bits per heavy atom. The first kappa shape index (κ1) is 16.9. The molecule has 2 aromatic rings. The van der Waals surface area contributed by atoms with Gasteiger partial charge in [-0.3, -0.25) is 4.79 Å². The van der Waals surface area contributed by atoms with E-state index in [0.717, 1.165) is 11.1 Å². The van der Waals surface area contributed by atoms with E-state index in [2.05, 4.69) is 10.1 Å². The Hall–Kier alpha value is -1.90. The van der Waals surface area contributed by atoms with E-state index in [1.54, 1.807) is 0 Å². The van der Waals surface area contributed by atoms with Gasteiger partial charge in [-0.1, -0.05) is 29.4 Å². The van der Waals surface area contributed by atoms with Gasteiger partial charge in [-0.05, 0) is 5.56 Å². The van der Waals surface area contributed by atoms with Gasteiger partial charge in [-0.25, -0.2) is 0 Å². The SMILES string of the molecule is NCc1ccc(-c2noc(CSCC(=O)N3CCOCC3)n2)cc1. The van der Waals surface area contributed by atoms with Gasteiger partial charge < -0.3 is 19.9 Å². The van der Waals surface area contributed by atoms with Crippen molar-refractivity contribution >= 4 is 17.7 Å². The van der Waals surface area contributed by atoms with E-state index in [4.69, 9.17) is 15.0 Å². The zero-order valence-corrected chi connectivity index (χ0v) is 14.1. The molecule has 0 radical (unpaired) electrons. The Labute approximate surface area is 144 Å². The quantitative estimate of drug-likeness (QED) is 0.840. The second-order valence-corrected chi connectivity index (χ2v) is 6.38. The topological polar surface area (TPSA) is 94.5 Å². The van der Waals surface area contributed by atoms with Gasteiger partial charge in [-0.2, -0.15) is 4.98 Å². The fourth-order valence-electron chi connectivity index (χ4n) is 2.35. The number of nitrogens with two attached hydrogens (primary N) is 1. The molecule has 1 aliphatic heterocycles. The number of carbonyl (C=O) groups is 1. The Bertz CT molecular complexity index is 668. The summed E-state index contributed by atoms with van der Waals surface area (Å²) in [6.45, 7) is 3.08. The first-order valence-electron chi connectivity index (χ1n) is 7.81. The third-order valence-corrected chi connectivity index (χ3v) is 4.63. The van der Waals surface area contributed by atoms with E-state index in [1.807, 2.05) is 29.2 Å². The Balaban J connectivity index is 1.49. The minimum atomic E-state index is 0.125. The molecule has 1 aromatic heterocycles. The van der Waals surface area contributed by atoms with Gasteiger partial charge >= 0.3 is 0 Å². The van der Waals surface area contributed by atoms with Crippen LogP contribution in [-0.4, -0.2) is 53.0 Å². The molecule has 0 saturated carbocycles. The summed E-state index contributed by atoms with van der Waals surface area (Å²) in [5.41, 5.74) is 7.53. The molecule has 1 fully saturated rings. The Morgan fingerprint density at radius 3 is 2.71 bits per heavy atom. The highest BCUT2D eigenvalue weighted by atomic mass is 32.2. The molecule has 8 heteroatoms. The van der Waals surface area contributed by atoms with Gasteiger partial charge in [0.25, 0.3) is 0 Å². The molecule has 1 aliphatic rings. The van der Waals surface area contributed by atoms with Gasteiger partial charge in [0.15, 0.2) is 0 Å². The van der Waals surface area contributed by atoms with E-state index >= 15 is 0 Å². The minimum absolute atomic E-state index is 0.125. The molecule has 1 amide bonds. The van der Waals surface area contributed by atoms with Crippen LogP contribution in [0.25, 0.3) is 11.4 Å². The van der Waals surface area contributed by atoms with Crippen molar-refractivity contribution in [3.63, 3.8) is 0 Å². The van der Waals surface area contributed by atoms with Gasteiger partial charge in [0.05, 0.1) is 24.7 Å². The van der Waals surface area contributed by atoms with Crippen LogP contribution in [0.1, 0.15) is 11.5 Å². The molecule has 0 unspecified atom stereocenters. The monoisotopic (exact) mass is 348 g/mol. The predicted octanol–water partition coefficient (Wildman–Crippen LogP) is 1.29. The molecule has 2 heterocycles. The van der Waals surface area contributed by atoms with Crippen molar-refractivity contribution in [1.29, 1.82) is 0 Å². The summed E-state index contributed by atoms with van der Waals surface area (Å²) in [5, 5.41) is 3.99. The molecule has 128 valence electrons. The number of nitrogens with zero attached hydrogens (tertiary/aromatic N) is 3. The summed E-state index contributed by atoms with van der Waals surface area (Å²) in [4.78, 5) is 18.2. The van der Waals surface area contributed by atoms with E-state index in [1.165, 1.54) is 11.8 Å². The first-order valence-corrected chi connectivity index (χ1v) is 8.97. The van der Waals surface area contributed by atoms with Gasteiger partial charge in [-0.15, -0.1) is 11.8 Å². The van der Waals surface area contributed by atoms with E-state index in [9.17, 15) is 4.79 Å². The average Bonchev–Trinajstić information content (AvgIpc) is 3.11. The van der Waals surface area contributed by atoms with Crippen LogP contribution in [0.3, 0.4) is 0 Å². The molecule has 2 N–H and O–H groups in total. The number of carbonyl (C=O) groups excluding carboxylic acids is 1. The number of ether oxygens (including phenoxy) is 1. The number of thioether (sulfide) groups is 1. The van der Waals surface area contributed by atoms with Crippen LogP contribution in [0.5, 0.6) is 0 Å². The fraction of sp³-hybridized carbons (Fsp3) is 0.438. The second-order valence-electron chi connectivity index (χ2n) is 5.40. The Kier molecular flexibility index (Phi) is 5.84. The zero-order chi connectivity index (χ0) is 16.8. The normalized spacial score (nSPS) is 14.8. The number of amides is 1. The van der Waals surface area contributed by atoms with Crippen molar-refractivity contribution in [2.24, 2.45) is 5.73 Å². The van der Waals surface area contributed by atoms with Crippen LogP contribution >= 0.6 is 11.8 Å². The highest BCUT2D eigenvalue weighted by Gasteiger charge is 2.17. The maximum absolute atomic E-state index is 12.0. The summed E-state index contributed by atoms with van der Waals surface area (Å²) < 4.78 is 10.5. The number of rotatable bonds is 6. The maximum Gasteiger partial charge on any atom is 0.236 e. The van der Waals surface area contributed by atoms with Crippen molar-refractivity contribution in [2.45, 2.75) is 12.3 Å². The second kappa shape index (κ2) is 8.27. The van der Waals surface area contributed by atoms with Crippen LogP contribution in [0.2, 0.25) is 0 Å². The molecule has 0 atom stereocenters. The highest BCUT2D eigenvalue weighted by molar-refractivity contribution is 7.99. The third kappa shape index (κ3) is 4.34. The smallest absolute Gasteiger partial charge is 0.236 e. The molecule has 1 aromatic carbocycles. The molecule has 0 bridgehead atoms. The maximum atomic E-state index is 12.0.